The van der Waals surface area contributed by atoms with Gasteiger partial charge in [-0.2, -0.15) is 0 Å². The summed E-state index contributed by atoms with van der Waals surface area (Å²) in [4.78, 5) is 25.9. The van der Waals surface area contributed by atoms with Crippen molar-refractivity contribution in [3.63, 3.8) is 0 Å². The van der Waals surface area contributed by atoms with Gasteiger partial charge in [-0.25, -0.2) is 9.59 Å². The van der Waals surface area contributed by atoms with E-state index < -0.39 is 23.7 Å². The normalized spacial score (nSPS) is 17.7. The monoisotopic (exact) mass is 369 g/mol. The Balaban J connectivity index is 2.34. The third kappa shape index (κ3) is 3.61. The maximum absolute atomic E-state index is 12.4. The molecule has 0 aliphatic carbocycles. The molecule has 2 rings (SSSR count). The van der Waals surface area contributed by atoms with Crippen LogP contribution in [0.4, 0.5) is 4.79 Å². The molecule has 1 aromatic carbocycles. The molecule has 1 atom stereocenters. The van der Waals surface area contributed by atoms with Crippen LogP contribution in [-0.4, -0.2) is 35.7 Å². The molecule has 1 aliphatic heterocycles. The topological polar surface area (TPSA) is 55.8 Å². The van der Waals surface area contributed by atoms with Crippen LogP contribution >= 0.6 is 15.9 Å². The lowest BCUT2D eigenvalue weighted by atomic mass is 9.94. The Bertz CT molecular complexity index is 594. The van der Waals surface area contributed by atoms with Gasteiger partial charge in [0, 0.05) is 10.9 Å². The van der Waals surface area contributed by atoms with E-state index in [-0.39, 0.29) is 0 Å². The third-order valence-electron chi connectivity index (χ3n) is 3.43. The highest BCUT2D eigenvalue weighted by Crippen LogP contribution is 2.30. The molecule has 1 aromatic rings. The number of carbonyl (C=O) groups is 2. The van der Waals surface area contributed by atoms with Crippen molar-refractivity contribution in [1.29, 1.82) is 0 Å². The molecule has 0 saturated carbocycles. The number of carbonyl (C=O) groups excluding carboxylic acids is 2. The fourth-order valence-corrected chi connectivity index (χ4v) is 3.01. The van der Waals surface area contributed by atoms with E-state index in [2.05, 4.69) is 15.9 Å². The lowest BCUT2D eigenvalue weighted by Crippen LogP contribution is -2.50. The van der Waals surface area contributed by atoms with Crippen molar-refractivity contribution in [3.05, 3.63) is 33.8 Å². The number of hydrogen-bond acceptors (Lipinski definition) is 4. The van der Waals surface area contributed by atoms with E-state index >= 15 is 0 Å². The molecule has 6 heteroatoms. The Morgan fingerprint density at radius 2 is 2.00 bits per heavy atom. The van der Waals surface area contributed by atoms with Crippen LogP contribution in [0.3, 0.4) is 0 Å². The first-order valence-electron chi connectivity index (χ1n) is 7.06. The predicted molar refractivity (Wildman–Crippen MR) is 85.4 cm³/mol. The fourth-order valence-electron chi connectivity index (χ4n) is 2.44. The van der Waals surface area contributed by atoms with Crippen molar-refractivity contribution < 1.29 is 19.1 Å². The highest BCUT2D eigenvalue weighted by Gasteiger charge is 2.38. The van der Waals surface area contributed by atoms with Crippen LogP contribution in [0.5, 0.6) is 0 Å². The minimum absolute atomic E-state index is 0.323. The standard InChI is InChI=1S/C16H20BrNO4/c1-16(2,3)22-15(20)18-9-10-6-5-7-12(17)11(10)8-13(18)14(19)21-4/h5-7,13H,8-9H2,1-4H3/t13-/m1/s1. The van der Waals surface area contributed by atoms with Crippen LogP contribution in [0.1, 0.15) is 31.9 Å². The van der Waals surface area contributed by atoms with Gasteiger partial charge >= 0.3 is 12.1 Å². The predicted octanol–water partition coefficient (Wildman–Crippen LogP) is 3.28. The average molecular weight is 370 g/mol. The summed E-state index contributed by atoms with van der Waals surface area (Å²) in [5.41, 5.74) is 1.41. The largest absolute Gasteiger partial charge is 0.467 e. The summed E-state index contributed by atoms with van der Waals surface area (Å²) >= 11 is 3.50. The summed E-state index contributed by atoms with van der Waals surface area (Å²) < 4.78 is 11.2. The molecule has 1 heterocycles. The molecular weight excluding hydrogens is 350 g/mol. The molecule has 5 nitrogen and oxygen atoms in total. The average Bonchev–Trinajstić information content (AvgIpc) is 2.44. The number of nitrogens with zero attached hydrogens (tertiary/aromatic N) is 1. The van der Waals surface area contributed by atoms with Gasteiger partial charge in [-0.1, -0.05) is 28.1 Å². The Kier molecular flexibility index (Phi) is 4.80. The minimum atomic E-state index is -0.675. The van der Waals surface area contributed by atoms with Crippen molar-refractivity contribution in [2.75, 3.05) is 7.11 Å². The molecule has 0 spiro atoms. The van der Waals surface area contributed by atoms with Gasteiger partial charge < -0.3 is 9.47 Å². The highest BCUT2D eigenvalue weighted by atomic mass is 79.9. The number of methoxy groups -OCH3 is 1. The molecule has 0 radical (unpaired) electrons. The number of fused-ring (bicyclic) bond motifs is 1. The second-order valence-corrected chi connectivity index (χ2v) is 7.08. The smallest absolute Gasteiger partial charge is 0.411 e. The molecule has 1 aliphatic rings. The molecule has 1 amide bonds. The Hall–Kier alpha value is -1.56. The number of esters is 1. The van der Waals surface area contributed by atoms with Gasteiger partial charge in [-0.3, -0.25) is 4.90 Å². The van der Waals surface area contributed by atoms with Gasteiger partial charge in [0.1, 0.15) is 11.6 Å². The molecular formula is C16H20BrNO4. The second kappa shape index (κ2) is 6.28. The Morgan fingerprint density at radius 3 is 2.59 bits per heavy atom. The lowest BCUT2D eigenvalue weighted by molar-refractivity contribution is -0.147. The van der Waals surface area contributed by atoms with Crippen LogP contribution in [0.25, 0.3) is 0 Å². The Morgan fingerprint density at radius 1 is 1.32 bits per heavy atom. The van der Waals surface area contributed by atoms with Gasteiger partial charge in [-0.05, 0) is 38.0 Å². The number of rotatable bonds is 1. The summed E-state index contributed by atoms with van der Waals surface area (Å²) in [6.45, 7) is 5.72. The molecule has 0 bridgehead atoms. The van der Waals surface area contributed by atoms with Crippen LogP contribution in [-0.2, 0) is 27.2 Å². The summed E-state index contributed by atoms with van der Waals surface area (Å²) in [6.07, 6.45) is -0.101. The maximum atomic E-state index is 12.4. The van der Waals surface area contributed by atoms with E-state index in [0.29, 0.717) is 13.0 Å². The zero-order valence-corrected chi connectivity index (χ0v) is 14.8. The molecule has 0 unspecified atom stereocenters. The summed E-state index contributed by atoms with van der Waals surface area (Å²) in [5.74, 6) is -0.438. The van der Waals surface area contributed by atoms with Gasteiger partial charge in [0.05, 0.1) is 13.7 Å². The van der Waals surface area contributed by atoms with Gasteiger partial charge in [0.15, 0.2) is 0 Å². The molecule has 0 saturated heterocycles. The van der Waals surface area contributed by atoms with Crippen molar-refractivity contribution in [3.8, 4) is 0 Å². The van der Waals surface area contributed by atoms with E-state index in [1.54, 1.807) is 20.8 Å². The van der Waals surface area contributed by atoms with Gasteiger partial charge in [0.25, 0.3) is 0 Å². The van der Waals surface area contributed by atoms with E-state index in [0.717, 1.165) is 15.6 Å². The van der Waals surface area contributed by atoms with E-state index in [1.807, 2.05) is 18.2 Å². The molecule has 120 valence electrons. The number of halogens is 1. The van der Waals surface area contributed by atoms with Crippen molar-refractivity contribution in [1.82, 2.24) is 4.90 Å². The van der Waals surface area contributed by atoms with Crippen LogP contribution in [0.2, 0.25) is 0 Å². The van der Waals surface area contributed by atoms with Crippen molar-refractivity contribution in [2.24, 2.45) is 0 Å². The van der Waals surface area contributed by atoms with Crippen molar-refractivity contribution in [2.45, 2.75) is 45.4 Å². The minimum Gasteiger partial charge on any atom is -0.467 e. The summed E-state index contributed by atoms with van der Waals surface area (Å²) in [5, 5.41) is 0. The summed E-state index contributed by atoms with van der Waals surface area (Å²) in [6, 6.07) is 5.11. The SMILES string of the molecule is COC(=O)[C@H]1Cc2c(Br)cccc2CN1C(=O)OC(C)(C)C. The number of amides is 1. The first kappa shape index (κ1) is 16.8. The fraction of sp³-hybridized carbons (Fsp3) is 0.500. The quantitative estimate of drug-likeness (QED) is 0.712. The molecule has 0 N–H and O–H groups in total. The first-order valence-corrected chi connectivity index (χ1v) is 7.86. The molecule has 0 aromatic heterocycles. The zero-order chi connectivity index (χ0) is 16.5. The third-order valence-corrected chi connectivity index (χ3v) is 4.17. The zero-order valence-electron chi connectivity index (χ0n) is 13.2. The highest BCUT2D eigenvalue weighted by molar-refractivity contribution is 9.10. The number of hydrogen-bond donors (Lipinski definition) is 0. The van der Waals surface area contributed by atoms with Crippen LogP contribution in [0.15, 0.2) is 22.7 Å². The van der Waals surface area contributed by atoms with Crippen LogP contribution < -0.4 is 0 Å². The summed E-state index contributed by atoms with van der Waals surface area (Å²) in [7, 11) is 1.32. The second-order valence-electron chi connectivity index (χ2n) is 6.23. The van der Waals surface area contributed by atoms with E-state index in [9.17, 15) is 9.59 Å². The molecule has 0 fully saturated rings. The van der Waals surface area contributed by atoms with Crippen LogP contribution in [0, 0.1) is 0 Å². The van der Waals surface area contributed by atoms with Gasteiger partial charge in [-0.15, -0.1) is 0 Å². The first-order chi connectivity index (χ1) is 10.2. The lowest BCUT2D eigenvalue weighted by Gasteiger charge is -2.36. The van der Waals surface area contributed by atoms with E-state index in [4.69, 9.17) is 9.47 Å². The number of benzene rings is 1. The molecule has 22 heavy (non-hydrogen) atoms. The Labute approximate surface area is 138 Å². The maximum Gasteiger partial charge on any atom is 0.411 e. The van der Waals surface area contributed by atoms with Gasteiger partial charge in [0.2, 0.25) is 0 Å². The van der Waals surface area contributed by atoms with Crippen molar-refractivity contribution >= 4 is 28.0 Å². The number of ether oxygens (including phenoxy) is 2. The van der Waals surface area contributed by atoms with E-state index in [1.165, 1.54) is 12.0 Å².